The largest absolute Gasteiger partial charge is 0.390 e. The van der Waals surface area contributed by atoms with E-state index in [9.17, 15) is 9.90 Å². The number of carbonyl (C=O) groups is 1. The number of aldehydes is 1. The van der Waals surface area contributed by atoms with Crippen molar-refractivity contribution in [2.45, 2.75) is 18.8 Å². The van der Waals surface area contributed by atoms with Crippen molar-refractivity contribution in [3.8, 4) is 0 Å². The molecular weight excluding hydrogens is 148 g/mol. The van der Waals surface area contributed by atoms with Crippen LogP contribution < -0.4 is 0 Å². The van der Waals surface area contributed by atoms with Crippen molar-refractivity contribution < 1.29 is 19.4 Å². The molecule has 0 aromatic carbocycles. The van der Waals surface area contributed by atoms with E-state index in [1.807, 2.05) is 0 Å². The Bertz CT molecular complexity index is 136. The third-order valence-electron chi connectivity index (χ3n) is 1.88. The lowest BCUT2D eigenvalue weighted by atomic mass is 10.0. The summed E-state index contributed by atoms with van der Waals surface area (Å²) in [6.45, 7) is 0.261. The summed E-state index contributed by atoms with van der Waals surface area (Å²) in [4.78, 5) is 10.1. The smallest absolute Gasteiger partial charge is 0.163 e. The van der Waals surface area contributed by atoms with Crippen molar-refractivity contribution in [3.63, 3.8) is 0 Å². The zero-order valence-electron chi connectivity index (χ0n) is 6.40. The van der Waals surface area contributed by atoms with E-state index in [0.717, 1.165) is 6.29 Å². The maximum atomic E-state index is 10.1. The summed E-state index contributed by atoms with van der Waals surface area (Å²) in [5.74, 6) is -0.197. The lowest BCUT2D eigenvalue weighted by Gasteiger charge is -2.15. The summed E-state index contributed by atoms with van der Waals surface area (Å²) in [6, 6.07) is 0. The lowest BCUT2D eigenvalue weighted by molar-refractivity contribution is -0.122. The van der Waals surface area contributed by atoms with Gasteiger partial charge in [-0.15, -0.1) is 0 Å². The van der Waals surface area contributed by atoms with Crippen LogP contribution in [-0.4, -0.2) is 37.5 Å². The number of carbonyl (C=O) groups excluding carboxylic acids is 1. The summed E-state index contributed by atoms with van der Waals surface area (Å²) < 4.78 is 9.95. The number of methoxy groups -OCH3 is 1. The van der Waals surface area contributed by atoms with Crippen LogP contribution in [0.5, 0.6) is 0 Å². The Kier molecular flexibility index (Phi) is 2.99. The summed E-state index contributed by atoms with van der Waals surface area (Å²) in [5, 5.41) is 9.26. The molecule has 1 rings (SSSR count). The Morgan fingerprint density at radius 1 is 1.82 bits per heavy atom. The first-order valence-corrected chi connectivity index (χ1v) is 3.55. The number of aliphatic hydroxyl groups excluding tert-OH is 1. The average molecular weight is 160 g/mol. The van der Waals surface area contributed by atoms with Crippen LogP contribution in [0.1, 0.15) is 6.42 Å². The van der Waals surface area contributed by atoms with Crippen molar-refractivity contribution in [1.82, 2.24) is 0 Å². The minimum absolute atomic E-state index is 0.197. The molecule has 1 heterocycles. The summed E-state index contributed by atoms with van der Waals surface area (Å²) in [7, 11) is 1.50. The van der Waals surface area contributed by atoms with Crippen LogP contribution in [0.4, 0.5) is 0 Å². The topological polar surface area (TPSA) is 55.8 Å². The zero-order valence-corrected chi connectivity index (χ0v) is 6.40. The summed E-state index contributed by atoms with van der Waals surface area (Å²) in [5.41, 5.74) is 0. The average Bonchev–Trinajstić information content (AvgIpc) is 2.34. The van der Waals surface area contributed by atoms with Crippen molar-refractivity contribution in [1.29, 1.82) is 0 Å². The Hall–Kier alpha value is -0.450. The van der Waals surface area contributed by atoms with E-state index in [1.54, 1.807) is 0 Å². The number of aliphatic hydroxyl groups is 1. The van der Waals surface area contributed by atoms with Gasteiger partial charge in [0, 0.05) is 19.4 Å². The van der Waals surface area contributed by atoms with E-state index < -0.39 is 12.4 Å². The molecule has 1 saturated heterocycles. The maximum absolute atomic E-state index is 10.1. The Morgan fingerprint density at radius 3 is 3.09 bits per heavy atom. The van der Waals surface area contributed by atoms with Crippen LogP contribution in [0.2, 0.25) is 0 Å². The predicted octanol–water partition coefficient (Wildman–Crippen LogP) is -0.445. The first-order valence-electron chi connectivity index (χ1n) is 3.55. The van der Waals surface area contributed by atoms with Crippen LogP contribution in [-0.2, 0) is 14.3 Å². The molecule has 0 amide bonds. The number of hydrogen-bond acceptors (Lipinski definition) is 4. The van der Waals surface area contributed by atoms with E-state index >= 15 is 0 Å². The molecule has 0 spiro atoms. The highest BCUT2D eigenvalue weighted by atomic mass is 16.7. The van der Waals surface area contributed by atoms with Gasteiger partial charge in [-0.1, -0.05) is 0 Å². The van der Waals surface area contributed by atoms with Gasteiger partial charge in [0.05, 0.1) is 12.7 Å². The number of hydrogen-bond donors (Lipinski definition) is 1. The quantitative estimate of drug-likeness (QED) is 0.568. The molecule has 3 atom stereocenters. The molecule has 64 valence electrons. The van der Waals surface area contributed by atoms with Gasteiger partial charge >= 0.3 is 0 Å². The molecule has 0 saturated carbocycles. The first-order chi connectivity index (χ1) is 5.29. The first kappa shape index (κ1) is 8.64. The summed E-state index contributed by atoms with van der Waals surface area (Å²) >= 11 is 0. The summed E-state index contributed by atoms with van der Waals surface area (Å²) in [6.07, 6.45) is 0.0780. The van der Waals surface area contributed by atoms with Crippen LogP contribution in [0.3, 0.4) is 0 Å². The van der Waals surface area contributed by atoms with Gasteiger partial charge in [0.2, 0.25) is 0 Å². The van der Waals surface area contributed by atoms with Crippen molar-refractivity contribution in [3.05, 3.63) is 0 Å². The van der Waals surface area contributed by atoms with Gasteiger partial charge in [-0.2, -0.15) is 0 Å². The van der Waals surface area contributed by atoms with E-state index in [2.05, 4.69) is 0 Å². The second-order valence-corrected chi connectivity index (χ2v) is 2.57. The standard InChI is InChI=1S/C7H12O4/c1-10-7-5(2-3-8)6(9)4-11-7/h3,5-7,9H,2,4H2,1H3/t5-,6-,7?/m0/s1. The van der Waals surface area contributed by atoms with Gasteiger partial charge in [-0.3, -0.25) is 0 Å². The van der Waals surface area contributed by atoms with Crippen LogP contribution in [0, 0.1) is 5.92 Å². The van der Waals surface area contributed by atoms with Crippen LogP contribution in [0.25, 0.3) is 0 Å². The highest BCUT2D eigenvalue weighted by molar-refractivity contribution is 5.50. The second kappa shape index (κ2) is 3.80. The Labute approximate surface area is 65.1 Å². The molecule has 1 aliphatic rings. The number of rotatable bonds is 3. The van der Waals surface area contributed by atoms with Gasteiger partial charge in [-0.05, 0) is 0 Å². The molecule has 0 bridgehead atoms. The Balaban J connectivity index is 2.48. The normalized spacial score (nSPS) is 37.5. The third-order valence-corrected chi connectivity index (χ3v) is 1.88. The zero-order chi connectivity index (χ0) is 8.27. The Morgan fingerprint density at radius 2 is 2.55 bits per heavy atom. The molecule has 4 heteroatoms. The van der Waals surface area contributed by atoms with Gasteiger partial charge in [0.1, 0.15) is 6.29 Å². The molecule has 1 aliphatic heterocycles. The van der Waals surface area contributed by atoms with E-state index in [4.69, 9.17) is 9.47 Å². The fourth-order valence-corrected chi connectivity index (χ4v) is 1.24. The predicted molar refractivity (Wildman–Crippen MR) is 36.9 cm³/mol. The molecule has 11 heavy (non-hydrogen) atoms. The molecule has 0 aromatic heterocycles. The third kappa shape index (κ3) is 1.77. The maximum Gasteiger partial charge on any atom is 0.163 e. The molecule has 4 nitrogen and oxygen atoms in total. The minimum Gasteiger partial charge on any atom is -0.390 e. The molecule has 1 fully saturated rings. The van der Waals surface area contributed by atoms with E-state index in [0.29, 0.717) is 6.42 Å². The van der Waals surface area contributed by atoms with E-state index in [-0.39, 0.29) is 12.5 Å². The fourth-order valence-electron chi connectivity index (χ4n) is 1.24. The van der Waals surface area contributed by atoms with Crippen molar-refractivity contribution in [2.24, 2.45) is 5.92 Å². The van der Waals surface area contributed by atoms with Crippen molar-refractivity contribution >= 4 is 6.29 Å². The monoisotopic (exact) mass is 160 g/mol. The fraction of sp³-hybridized carbons (Fsp3) is 0.857. The van der Waals surface area contributed by atoms with Gasteiger partial charge in [-0.25, -0.2) is 0 Å². The lowest BCUT2D eigenvalue weighted by Crippen LogP contribution is -2.25. The van der Waals surface area contributed by atoms with E-state index in [1.165, 1.54) is 7.11 Å². The van der Waals surface area contributed by atoms with Crippen LogP contribution in [0.15, 0.2) is 0 Å². The van der Waals surface area contributed by atoms with Gasteiger partial charge in [0.25, 0.3) is 0 Å². The number of ether oxygens (including phenoxy) is 2. The highest BCUT2D eigenvalue weighted by Crippen LogP contribution is 2.23. The van der Waals surface area contributed by atoms with Gasteiger partial charge in [0.15, 0.2) is 6.29 Å². The molecule has 0 radical (unpaired) electrons. The molecule has 1 N–H and O–H groups in total. The van der Waals surface area contributed by atoms with Gasteiger partial charge < -0.3 is 19.4 Å². The van der Waals surface area contributed by atoms with Crippen molar-refractivity contribution in [2.75, 3.05) is 13.7 Å². The molecule has 0 aliphatic carbocycles. The van der Waals surface area contributed by atoms with Crippen LogP contribution >= 0.6 is 0 Å². The highest BCUT2D eigenvalue weighted by Gasteiger charge is 2.35. The minimum atomic E-state index is -0.565. The molecular formula is C7H12O4. The SMILES string of the molecule is COC1OC[C@H](O)[C@@H]1CC=O. The molecule has 1 unspecified atom stereocenters. The molecule has 0 aromatic rings. The second-order valence-electron chi connectivity index (χ2n) is 2.57.